The third kappa shape index (κ3) is 5.04. The molecule has 7 nitrogen and oxygen atoms in total. The minimum atomic E-state index is -0.490. The molecule has 2 fully saturated rings. The highest BCUT2D eigenvalue weighted by Crippen LogP contribution is 2.40. The Morgan fingerprint density at radius 2 is 1.87 bits per heavy atom. The molecule has 2 atom stereocenters. The molecule has 1 heterocycles. The molecule has 1 saturated carbocycles. The van der Waals surface area contributed by atoms with E-state index in [0.29, 0.717) is 35.3 Å². The Morgan fingerprint density at radius 3 is 2.43 bits per heavy atom. The van der Waals surface area contributed by atoms with Crippen molar-refractivity contribution in [1.82, 2.24) is 9.80 Å². The number of amides is 1. The van der Waals surface area contributed by atoms with Crippen LogP contribution < -0.4 is 4.74 Å². The number of hydrogen-bond acceptors (Lipinski definition) is 6. The first kappa shape index (κ1) is 21.9. The van der Waals surface area contributed by atoms with Gasteiger partial charge in [0.1, 0.15) is 24.0 Å². The average molecular weight is 411 g/mol. The van der Waals surface area contributed by atoms with Crippen molar-refractivity contribution in [3.63, 3.8) is 0 Å². The maximum atomic E-state index is 12.5. The van der Waals surface area contributed by atoms with Gasteiger partial charge in [-0.25, -0.2) is 4.79 Å². The molecule has 2 unspecified atom stereocenters. The zero-order valence-electron chi connectivity index (χ0n) is 18.2. The lowest BCUT2D eigenvalue weighted by Gasteiger charge is -2.42. The first-order chi connectivity index (χ1) is 14.2. The molecule has 7 heteroatoms. The van der Waals surface area contributed by atoms with Crippen molar-refractivity contribution >= 4 is 6.09 Å². The molecule has 1 aliphatic carbocycles. The molecule has 0 radical (unpaired) electrons. The van der Waals surface area contributed by atoms with Gasteiger partial charge in [0.05, 0.1) is 17.2 Å². The molecule has 2 aliphatic rings. The molecule has 1 aromatic carbocycles. The van der Waals surface area contributed by atoms with E-state index >= 15 is 0 Å². The molecular weight excluding hydrogens is 380 g/mol. The first-order valence-corrected chi connectivity index (χ1v) is 10.5. The molecule has 1 amide bonds. The number of fused-ring (bicyclic) bond motifs is 2. The van der Waals surface area contributed by atoms with Crippen molar-refractivity contribution < 1.29 is 14.3 Å². The summed E-state index contributed by atoms with van der Waals surface area (Å²) in [5.74, 6) is 1.38. The van der Waals surface area contributed by atoms with Crippen LogP contribution in [0.3, 0.4) is 0 Å². The third-order valence-electron chi connectivity index (χ3n) is 5.88. The Labute approximate surface area is 178 Å². The fourth-order valence-corrected chi connectivity index (χ4v) is 4.66. The summed E-state index contributed by atoms with van der Waals surface area (Å²) in [5.41, 5.74) is 0.342. The minimum absolute atomic E-state index is 0.223. The standard InChI is InChI=1S/C23H30N4O3/c1-23(2,3)30-22(28)26(4)21-17-6-7-18(21)15-27(14-17)9-10-29-20-8-5-16(12-24)11-19(20)13-25/h5,8,11,17-18,21H,6-7,9-10,14-15H2,1-4H3. The maximum Gasteiger partial charge on any atom is 0.410 e. The molecule has 30 heavy (non-hydrogen) atoms. The Kier molecular flexibility index (Phi) is 6.53. The highest BCUT2D eigenvalue weighted by atomic mass is 16.6. The largest absolute Gasteiger partial charge is 0.491 e. The summed E-state index contributed by atoms with van der Waals surface area (Å²) in [6.45, 7) is 8.77. The van der Waals surface area contributed by atoms with Crippen molar-refractivity contribution in [1.29, 1.82) is 10.5 Å². The second-order valence-corrected chi connectivity index (χ2v) is 9.22. The summed E-state index contributed by atoms with van der Waals surface area (Å²) in [7, 11) is 1.86. The van der Waals surface area contributed by atoms with Gasteiger partial charge >= 0.3 is 6.09 Å². The van der Waals surface area contributed by atoms with E-state index in [-0.39, 0.29) is 12.1 Å². The van der Waals surface area contributed by atoms with Crippen LogP contribution in [-0.2, 0) is 4.74 Å². The van der Waals surface area contributed by atoms with E-state index in [0.717, 1.165) is 32.5 Å². The number of rotatable bonds is 5. The van der Waals surface area contributed by atoms with E-state index in [1.165, 1.54) is 0 Å². The van der Waals surface area contributed by atoms with E-state index in [2.05, 4.69) is 11.0 Å². The number of benzene rings is 1. The van der Waals surface area contributed by atoms with Crippen LogP contribution in [0.25, 0.3) is 0 Å². The summed E-state index contributed by atoms with van der Waals surface area (Å²) in [5, 5.41) is 18.2. The van der Waals surface area contributed by atoms with Gasteiger partial charge in [0.25, 0.3) is 0 Å². The lowest BCUT2D eigenvalue weighted by Crippen LogP contribution is -2.54. The van der Waals surface area contributed by atoms with Gasteiger partial charge < -0.3 is 14.4 Å². The number of nitriles is 2. The molecular formula is C23H30N4O3. The van der Waals surface area contributed by atoms with E-state index in [4.69, 9.17) is 14.7 Å². The number of nitrogens with zero attached hydrogens (tertiary/aromatic N) is 4. The van der Waals surface area contributed by atoms with Gasteiger partial charge in [-0.1, -0.05) is 0 Å². The van der Waals surface area contributed by atoms with E-state index in [9.17, 15) is 10.1 Å². The Bertz CT molecular complexity index is 851. The normalized spacial score (nSPS) is 23.3. The van der Waals surface area contributed by atoms with Crippen molar-refractivity contribution in [2.24, 2.45) is 11.8 Å². The lowest BCUT2D eigenvalue weighted by atomic mass is 9.91. The van der Waals surface area contributed by atoms with Crippen LogP contribution in [0.1, 0.15) is 44.7 Å². The molecule has 3 rings (SSSR count). The summed E-state index contributed by atoms with van der Waals surface area (Å²) in [4.78, 5) is 16.7. The van der Waals surface area contributed by atoms with E-state index in [1.807, 2.05) is 33.9 Å². The zero-order valence-corrected chi connectivity index (χ0v) is 18.2. The van der Waals surface area contributed by atoms with Crippen LogP contribution in [0.2, 0.25) is 0 Å². The predicted octanol–water partition coefficient (Wildman–Crippen LogP) is 3.39. The summed E-state index contributed by atoms with van der Waals surface area (Å²) < 4.78 is 11.4. The Balaban J connectivity index is 1.53. The Morgan fingerprint density at radius 1 is 1.20 bits per heavy atom. The van der Waals surface area contributed by atoms with E-state index in [1.54, 1.807) is 23.1 Å². The lowest BCUT2D eigenvalue weighted by molar-refractivity contribution is -0.000187. The SMILES string of the molecule is CN(C(=O)OC(C)(C)C)C1C2CCC1CN(CCOc1ccc(C#N)cc1C#N)C2. The summed E-state index contributed by atoms with van der Waals surface area (Å²) >= 11 is 0. The molecule has 1 aliphatic heterocycles. The van der Waals surface area contributed by atoms with Gasteiger partial charge in [0, 0.05) is 32.7 Å². The van der Waals surface area contributed by atoms with Gasteiger partial charge in [0.2, 0.25) is 0 Å². The predicted molar refractivity (Wildman–Crippen MR) is 112 cm³/mol. The molecule has 0 N–H and O–H groups in total. The van der Waals surface area contributed by atoms with Gasteiger partial charge in [-0.05, 0) is 63.6 Å². The van der Waals surface area contributed by atoms with Gasteiger partial charge in [-0.15, -0.1) is 0 Å². The van der Waals surface area contributed by atoms with Crippen LogP contribution in [-0.4, -0.2) is 60.8 Å². The fraction of sp³-hybridized carbons (Fsp3) is 0.609. The number of likely N-dealkylation sites (tertiary alicyclic amines) is 1. The number of carbonyl (C=O) groups excluding carboxylic acids is 1. The smallest absolute Gasteiger partial charge is 0.410 e. The zero-order chi connectivity index (χ0) is 21.9. The monoisotopic (exact) mass is 410 g/mol. The van der Waals surface area contributed by atoms with Gasteiger partial charge in [-0.3, -0.25) is 4.90 Å². The van der Waals surface area contributed by atoms with Crippen molar-refractivity contribution in [2.45, 2.75) is 45.3 Å². The van der Waals surface area contributed by atoms with Crippen LogP contribution in [0.4, 0.5) is 4.79 Å². The maximum absolute atomic E-state index is 12.5. The fourth-order valence-electron chi connectivity index (χ4n) is 4.66. The Hall–Kier alpha value is -2.77. The first-order valence-electron chi connectivity index (χ1n) is 10.5. The average Bonchev–Trinajstić information content (AvgIpc) is 2.96. The van der Waals surface area contributed by atoms with Crippen molar-refractivity contribution in [3.05, 3.63) is 29.3 Å². The highest BCUT2D eigenvalue weighted by molar-refractivity contribution is 5.68. The minimum Gasteiger partial charge on any atom is -0.491 e. The molecule has 1 aromatic rings. The quantitative estimate of drug-likeness (QED) is 0.739. The van der Waals surface area contributed by atoms with Crippen LogP contribution in [0.15, 0.2) is 18.2 Å². The topological polar surface area (TPSA) is 89.6 Å². The van der Waals surface area contributed by atoms with Crippen LogP contribution in [0.5, 0.6) is 5.75 Å². The molecule has 160 valence electrons. The molecule has 1 saturated heterocycles. The number of ether oxygens (including phenoxy) is 2. The second-order valence-electron chi connectivity index (χ2n) is 9.22. The van der Waals surface area contributed by atoms with Crippen molar-refractivity contribution in [2.75, 3.05) is 33.3 Å². The molecule has 0 aromatic heterocycles. The molecule has 0 spiro atoms. The van der Waals surface area contributed by atoms with Crippen molar-refractivity contribution in [3.8, 4) is 17.9 Å². The van der Waals surface area contributed by atoms with Gasteiger partial charge in [-0.2, -0.15) is 10.5 Å². The third-order valence-corrected chi connectivity index (χ3v) is 5.88. The van der Waals surface area contributed by atoms with Crippen LogP contribution >= 0.6 is 0 Å². The number of carbonyl (C=O) groups is 1. The van der Waals surface area contributed by atoms with Crippen LogP contribution in [0, 0.1) is 34.5 Å². The number of hydrogen-bond donors (Lipinski definition) is 0. The van der Waals surface area contributed by atoms with Gasteiger partial charge in [0.15, 0.2) is 0 Å². The summed E-state index contributed by atoms with van der Waals surface area (Å²) in [6.07, 6.45) is 1.99. The second kappa shape index (κ2) is 8.93. The van der Waals surface area contributed by atoms with E-state index < -0.39 is 5.60 Å². The molecule has 2 bridgehead atoms. The highest BCUT2D eigenvalue weighted by Gasteiger charge is 2.45. The number of piperidine rings is 1. The summed E-state index contributed by atoms with van der Waals surface area (Å²) in [6, 6.07) is 9.24.